The Hall–Kier alpha value is -1.43. The molecule has 1 N–H and O–H groups in total. The number of nitrogens with zero attached hydrogens (tertiary/aromatic N) is 1. The van der Waals surface area contributed by atoms with Crippen molar-refractivity contribution < 1.29 is 14.0 Å². The Bertz CT molecular complexity index is 528. The first kappa shape index (κ1) is 17.9. The van der Waals surface area contributed by atoms with Gasteiger partial charge in [-0.3, -0.25) is 9.59 Å². The van der Waals surface area contributed by atoms with E-state index >= 15 is 0 Å². The summed E-state index contributed by atoms with van der Waals surface area (Å²) in [5.74, 6) is 1.74. The first-order valence-electron chi connectivity index (χ1n) is 8.14. The van der Waals surface area contributed by atoms with E-state index in [1.54, 1.807) is 11.2 Å². The SMILES string of the molecule is CC(C)CNC(=O)[C@H](CC(C)C)N1C(=O)CS[C@H]1c1ccco1. The summed E-state index contributed by atoms with van der Waals surface area (Å²) >= 11 is 1.52. The highest BCUT2D eigenvalue weighted by atomic mass is 32.2. The molecule has 0 unspecified atom stereocenters. The van der Waals surface area contributed by atoms with E-state index in [-0.39, 0.29) is 17.2 Å². The maximum Gasteiger partial charge on any atom is 0.242 e. The number of carbonyl (C=O) groups is 2. The molecule has 2 atom stereocenters. The average molecular weight is 338 g/mol. The number of nitrogens with one attached hydrogen (secondary N) is 1. The number of amides is 2. The Kier molecular flexibility index (Phi) is 6.16. The second-order valence-electron chi connectivity index (χ2n) is 6.76. The molecule has 23 heavy (non-hydrogen) atoms. The number of thioether (sulfide) groups is 1. The first-order chi connectivity index (χ1) is 10.9. The van der Waals surface area contributed by atoms with Crippen LogP contribution in [0.25, 0.3) is 0 Å². The number of hydrogen-bond donors (Lipinski definition) is 1. The maximum absolute atomic E-state index is 12.7. The van der Waals surface area contributed by atoms with Crippen molar-refractivity contribution in [2.45, 2.75) is 45.5 Å². The summed E-state index contributed by atoms with van der Waals surface area (Å²) in [5, 5.41) is 2.76. The molecule has 1 aliphatic rings. The zero-order valence-electron chi connectivity index (χ0n) is 14.2. The molecule has 2 rings (SSSR count). The van der Waals surface area contributed by atoms with E-state index < -0.39 is 6.04 Å². The Labute approximate surface area is 142 Å². The molecule has 2 heterocycles. The van der Waals surface area contributed by atoms with Gasteiger partial charge in [-0.2, -0.15) is 0 Å². The number of carbonyl (C=O) groups excluding carboxylic acids is 2. The zero-order valence-corrected chi connectivity index (χ0v) is 15.1. The summed E-state index contributed by atoms with van der Waals surface area (Å²) < 4.78 is 5.48. The molecule has 1 aromatic heterocycles. The van der Waals surface area contributed by atoms with Crippen molar-refractivity contribution in [2.24, 2.45) is 11.8 Å². The van der Waals surface area contributed by atoms with Crippen molar-refractivity contribution in [3.8, 4) is 0 Å². The van der Waals surface area contributed by atoms with Crippen molar-refractivity contribution in [3.05, 3.63) is 24.2 Å². The van der Waals surface area contributed by atoms with Crippen molar-refractivity contribution in [1.82, 2.24) is 10.2 Å². The summed E-state index contributed by atoms with van der Waals surface area (Å²) in [6, 6.07) is 3.22. The van der Waals surface area contributed by atoms with E-state index in [9.17, 15) is 9.59 Å². The molecule has 0 aliphatic carbocycles. The lowest BCUT2D eigenvalue weighted by Gasteiger charge is -2.32. The van der Waals surface area contributed by atoms with Crippen LogP contribution in [0, 0.1) is 11.8 Å². The molecule has 1 aromatic rings. The lowest BCUT2D eigenvalue weighted by atomic mass is 10.0. The number of rotatable bonds is 7. The van der Waals surface area contributed by atoms with Crippen LogP contribution in [0.5, 0.6) is 0 Å². The molecule has 128 valence electrons. The number of hydrogen-bond acceptors (Lipinski definition) is 4. The summed E-state index contributed by atoms with van der Waals surface area (Å²) in [5.41, 5.74) is 0. The van der Waals surface area contributed by atoms with Gasteiger partial charge in [-0.15, -0.1) is 11.8 Å². The molecule has 5 nitrogen and oxygen atoms in total. The highest BCUT2D eigenvalue weighted by molar-refractivity contribution is 8.00. The highest BCUT2D eigenvalue weighted by Crippen LogP contribution is 2.41. The average Bonchev–Trinajstić information content (AvgIpc) is 3.11. The molecular formula is C17H26N2O3S. The van der Waals surface area contributed by atoms with Gasteiger partial charge in [0.2, 0.25) is 11.8 Å². The van der Waals surface area contributed by atoms with E-state index in [0.29, 0.717) is 30.6 Å². The summed E-state index contributed by atoms with van der Waals surface area (Å²) in [6.45, 7) is 8.87. The fourth-order valence-electron chi connectivity index (χ4n) is 2.64. The number of furan rings is 1. The fraction of sp³-hybridized carbons (Fsp3) is 0.647. The molecule has 1 aliphatic heterocycles. The second-order valence-corrected chi connectivity index (χ2v) is 7.83. The van der Waals surface area contributed by atoms with Crippen LogP contribution in [-0.4, -0.2) is 35.1 Å². The Morgan fingerprint density at radius 3 is 2.70 bits per heavy atom. The van der Waals surface area contributed by atoms with Gasteiger partial charge >= 0.3 is 0 Å². The minimum absolute atomic E-state index is 0.00162. The van der Waals surface area contributed by atoms with Crippen LogP contribution in [-0.2, 0) is 9.59 Å². The van der Waals surface area contributed by atoms with Crippen molar-refractivity contribution in [3.63, 3.8) is 0 Å². The van der Waals surface area contributed by atoms with Gasteiger partial charge in [-0.25, -0.2) is 0 Å². The molecule has 2 amide bonds. The fourth-order valence-corrected chi connectivity index (χ4v) is 3.81. The second kappa shape index (κ2) is 7.90. The standard InChI is InChI=1S/C17H26N2O3S/c1-11(2)8-13(16(21)18-9-12(3)4)19-15(20)10-23-17(19)14-6-5-7-22-14/h5-7,11-13,17H,8-10H2,1-4H3,(H,18,21)/t13-,17-/m0/s1. The monoisotopic (exact) mass is 338 g/mol. The Morgan fingerprint density at radius 1 is 1.39 bits per heavy atom. The highest BCUT2D eigenvalue weighted by Gasteiger charge is 2.42. The molecule has 0 radical (unpaired) electrons. The lowest BCUT2D eigenvalue weighted by molar-refractivity contribution is -0.139. The topological polar surface area (TPSA) is 62.6 Å². The van der Waals surface area contributed by atoms with Gasteiger partial charge in [0.15, 0.2) is 0 Å². The van der Waals surface area contributed by atoms with E-state index in [1.165, 1.54) is 11.8 Å². The van der Waals surface area contributed by atoms with Crippen LogP contribution in [0.3, 0.4) is 0 Å². The molecule has 0 aromatic carbocycles. The largest absolute Gasteiger partial charge is 0.466 e. The van der Waals surface area contributed by atoms with Crippen LogP contribution in [0.4, 0.5) is 0 Å². The molecular weight excluding hydrogens is 312 g/mol. The molecule has 6 heteroatoms. The quantitative estimate of drug-likeness (QED) is 0.830. The zero-order chi connectivity index (χ0) is 17.0. The molecule has 0 bridgehead atoms. The third kappa shape index (κ3) is 4.53. The van der Waals surface area contributed by atoms with E-state index in [0.717, 1.165) is 5.76 Å². The molecule has 0 spiro atoms. The van der Waals surface area contributed by atoms with Gasteiger partial charge in [0.05, 0.1) is 12.0 Å². The Balaban J connectivity index is 2.21. The predicted molar refractivity (Wildman–Crippen MR) is 91.8 cm³/mol. The molecule has 0 saturated carbocycles. The van der Waals surface area contributed by atoms with Crippen LogP contribution >= 0.6 is 11.8 Å². The van der Waals surface area contributed by atoms with Crippen molar-refractivity contribution in [1.29, 1.82) is 0 Å². The summed E-state index contributed by atoms with van der Waals surface area (Å²) in [6.07, 6.45) is 2.25. The van der Waals surface area contributed by atoms with E-state index in [2.05, 4.69) is 33.0 Å². The third-order valence-electron chi connectivity index (χ3n) is 3.71. The summed E-state index contributed by atoms with van der Waals surface area (Å²) in [7, 11) is 0. The molecule has 1 saturated heterocycles. The van der Waals surface area contributed by atoms with Crippen molar-refractivity contribution in [2.75, 3.05) is 12.3 Å². The van der Waals surface area contributed by atoms with Crippen LogP contribution in [0.15, 0.2) is 22.8 Å². The predicted octanol–water partition coefficient (Wildman–Crippen LogP) is 3.04. The van der Waals surface area contributed by atoms with Gasteiger partial charge in [-0.05, 0) is 30.4 Å². The lowest BCUT2D eigenvalue weighted by Crippen LogP contribution is -2.49. The van der Waals surface area contributed by atoms with Crippen molar-refractivity contribution >= 4 is 23.6 Å². The minimum atomic E-state index is -0.452. The van der Waals surface area contributed by atoms with E-state index in [1.807, 2.05) is 12.1 Å². The summed E-state index contributed by atoms with van der Waals surface area (Å²) in [4.78, 5) is 26.8. The van der Waals surface area contributed by atoms with Gasteiger partial charge < -0.3 is 14.6 Å². The van der Waals surface area contributed by atoms with Crippen LogP contribution in [0.2, 0.25) is 0 Å². The van der Waals surface area contributed by atoms with Crippen LogP contribution < -0.4 is 5.32 Å². The van der Waals surface area contributed by atoms with Gasteiger partial charge in [-0.1, -0.05) is 27.7 Å². The minimum Gasteiger partial charge on any atom is -0.466 e. The third-order valence-corrected chi connectivity index (χ3v) is 4.90. The Morgan fingerprint density at radius 2 is 2.13 bits per heavy atom. The first-order valence-corrected chi connectivity index (χ1v) is 9.19. The smallest absolute Gasteiger partial charge is 0.242 e. The van der Waals surface area contributed by atoms with Gasteiger partial charge in [0.1, 0.15) is 17.2 Å². The van der Waals surface area contributed by atoms with Gasteiger partial charge in [0.25, 0.3) is 0 Å². The maximum atomic E-state index is 12.7. The normalized spacial score (nSPS) is 19.7. The molecule has 1 fully saturated rings. The van der Waals surface area contributed by atoms with E-state index in [4.69, 9.17) is 4.42 Å². The van der Waals surface area contributed by atoms with Gasteiger partial charge in [0, 0.05) is 6.54 Å². The van der Waals surface area contributed by atoms with Crippen LogP contribution in [0.1, 0.15) is 45.2 Å².